The number of hydrogen-bond acceptors (Lipinski definition) is 5. The molecule has 1 aliphatic rings. The predicted octanol–water partition coefficient (Wildman–Crippen LogP) is 4.78. The Morgan fingerprint density at radius 3 is 2.29 bits per heavy atom. The lowest BCUT2D eigenvalue weighted by molar-refractivity contribution is 0.383. The van der Waals surface area contributed by atoms with Crippen LogP contribution < -0.4 is 4.90 Å². The summed E-state index contributed by atoms with van der Waals surface area (Å²) in [5.41, 5.74) is 6.96. The first kappa shape index (κ1) is 25.3. The molecule has 186 valence electrons. The highest BCUT2D eigenvalue weighted by Gasteiger charge is 2.29. The van der Waals surface area contributed by atoms with Crippen LogP contribution in [0.15, 0.2) is 48.5 Å². The highest BCUT2D eigenvalue weighted by Crippen LogP contribution is 2.30. The molecule has 1 fully saturated rings. The second-order valence-electron chi connectivity index (χ2n) is 9.32. The van der Waals surface area contributed by atoms with Gasteiger partial charge in [0.2, 0.25) is 10.0 Å². The van der Waals surface area contributed by atoms with Crippen LogP contribution in [0.25, 0.3) is 11.4 Å². The van der Waals surface area contributed by atoms with E-state index >= 15 is 0 Å². The SMILES string of the molecule is CCCS(=O)(=O)N1CCN(c2nc(-c3ccccc3)nc(CC)c2Cc2cc(C)ccc2C)CC1. The van der Waals surface area contributed by atoms with E-state index in [1.807, 2.05) is 37.3 Å². The van der Waals surface area contributed by atoms with Crippen molar-refractivity contribution >= 4 is 15.8 Å². The first-order valence-corrected chi connectivity index (χ1v) is 14.2. The van der Waals surface area contributed by atoms with Crippen molar-refractivity contribution in [1.82, 2.24) is 14.3 Å². The van der Waals surface area contributed by atoms with Crippen molar-refractivity contribution in [2.75, 3.05) is 36.8 Å². The molecule has 1 aromatic heterocycles. The van der Waals surface area contributed by atoms with Crippen molar-refractivity contribution in [3.8, 4) is 11.4 Å². The van der Waals surface area contributed by atoms with Crippen molar-refractivity contribution in [2.45, 2.75) is 47.0 Å². The first-order valence-electron chi connectivity index (χ1n) is 12.6. The molecule has 2 aromatic carbocycles. The summed E-state index contributed by atoms with van der Waals surface area (Å²) >= 11 is 0. The zero-order valence-corrected chi connectivity index (χ0v) is 22.1. The summed E-state index contributed by atoms with van der Waals surface area (Å²) in [5.74, 6) is 1.86. The normalized spacial score (nSPS) is 14.9. The molecule has 6 nitrogen and oxygen atoms in total. The van der Waals surface area contributed by atoms with Gasteiger partial charge in [0.1, 0.15) is 5.82 Å². The molecule has 0 amide bonds. The number of piperazine rings is 1. The number of benzene rings is 2. The number of rotatable bonds is 8. The Hall–Kier alpha value is -2.77. The van der Waals surface area contributed by atoms with Crippen LogP contribution in [0.3, 0.4) is 0 Å². The van der Waals surface area contributed by atoms with Crippen molar-refractivity contribution in [1.29, 1.82) is 0 Å². The van der Waals surface area contributed by atoms with Gasteiger partial charge in [0.15, 0.2) is 5.82 Å². The Labute approximate surface area is 210 Å². The summed E-state index contributed by atoms with van der Waals surface area (Å²) in [6.07, 6.45) is 2.20. The molecule has 2 heterocycles. The smallest absolute Gasteiger partial charge is 0.214 e. The Kier molecular flexibility index (Phi) is 7.87. The Bertz CT molecular complexity index is 1270. The van der Waals surface area contributed by atoms with E-state index in [4.69, 9.17) is 9.97 Å². The number of aromatic nitrogens is 2. The van der Waals surface area contributed by atoms with Crippen LogP contribution in [0.1, 0.15) is 48.2 Å². The van der Waals surface area contributed by atoms with E-state index in [2.05, 4.69) is 43.9 Å². The van der Waals surface area contributed by atoms with Gasteiger partial charge in [0, 0.05) is 49.4 Å². The molecule has 3 aromatic rings. The Morgan fingerprint density at radius 1 is 0.914 bits per heavy atom. The summed E-state index contributed by atoms with van der Waals surface area (Å²) in [4.78, 5) is 12.3. The third-order valence-corrected chi connectivity index (χ3v) is 8.78. The molecule has 0 bridgehead atoms. The third kappa shape index (κ3) is 5.73. The molecule has 1 saturated heterocycles. The number of aryl methyl sites for hydroxylation is 3. The molecule has 0 radical (unpaired) electrons. The monoisotopic (exact) mass is 492 g/mol. The van der Waals surface area contributed by atoms with E-state index in [9.17, 15) is 8.42 Å². The van der Waals surface area contributed by atoms with E-state index in [0.717, 1.165) is 41.3 Å². The van der Waals surface area contributed by atoms with E-state index in [1.165, 1.54) is 16.7 Å². The lowest BCUT2D eigenvalue weighted by Gasteiger charge is -2.36. The summed E-state index contributed by atoms with van der Waals surface area (Å²) in [5, 5.41) is 0. The molecule has 1 aliphatic heterocycles. The van der Waals surface area contributed by atoms with Gasteiger partial charge < -0.3 is 4.90 Å². The van der Waals surface area contributed by atoms with Crippen LogP contribution in [0.4, 0.5) is 5.82 Å². The summed E-state index contributed by atoms with van der Waals surface area (Å²) in [6, 6.07) is 16.7. The molecule has 0 unspecified atom stereocenters. The fourth-order valence-electron chi connectivity index (χ4n) is 4.71. The second-order valence-corrected chi connectivity index (χ2v) is 11.4. The fourth-order valence-corrected chi connectivity index (χ4v) is 6.21. The molecule has 35 heavy (non-hydrogen) atoms. The molecular weight excluding hydrogens is 456 g/mol. The average molecular weight is 493 g/mol. The van der Waals surface area contributed by atoms with Crippen molar-refractivity contribution in [3.05, 3.63) is 76.5 Å². The van der Waals surface area contributed by atoms with Gasteiger partial charge in [-0.15, -0.1) is 0 Å². The van der Waals surface area contributed by atoms with Gasteiger partial charge in [-0.2, -0.15) is 4.31 Å². The molecule has 0 atom stereocenters. The van der Waals surface area contributed by atoms with Crippen molar-refractivity contribution < 1.29 is 8.42 Å². The number of anilines is 1. The van der Waals surface area contributed by atoms with Crippen LogP contribution in [0, 0.1) is 13.8 Å². The van der Waals surface area contributed by atoms with Crippen molar-refractivity contribution in [2.24, 2.45) is 0 Å². The van der Waals surface area contributed by atoms with Gasteiger partial charge in [-0.25, -0.2) is 18.4 Å². The maximum Gasteiger partial charge on any atom is 0.214 e. The Morgan fingerprint density at radius 2 is 1.63 bits per heavy atom. The lowest BCUT2D eigenvalue weighted by Crippen LogP contribution is -2.49. The van der Waals surface area contributed by atoms with Crippen LogP contribution in [0.5, 0.6) is 0 Å². The predicted molar refractivity (Wildman–Crippen MR) is 143 cm³/mol. The van der Waals surface area contributed by atoms with Crippen LogP contribution in [-0.2, 0) is 22.9 Å². The molecule has 7 heteroatoms. The molecule has 0 spiro atoms. The number of hydrogen-bond donors (Lipinski definition) is 0. The number of sulfonamides is 1. The third-order valence-electron chi connectivity index (χ3n) is 6.70. The van der Waals surface area contributed by atoms with Gasteiger partial charge in [0.05, 0.1) is 5.75 Å². The zero-order valence-electron chi connectivity index (χ0n) is 21.3. The molecule has 4 rings (SSSR count). The topological polar surface area (TPSA) is 66.4 Å². The summed E-state index contributed by atoms with van der Waals surface area (Å²) in [7, 11) is -3.20. The van der Waals surface area contributed by atoms with E-state index in [-0.39, 0.29) is 5.75 Å². The number of nitrogens with zero attached hydrogens (tertiary/aromatic N) is 4. The van der Waals surface area contributed by atoms with E-state index in [0.29, 0.717) is 32.6 Å². The quantitative estimate of drug-likeness (QED) is 0.453. The molecule has 0 aliphatic carbocycles. The average Bonchev–Trinajstić information content (AvgIpc) is 2.87. The molecule has 0 saturated carbocycles. The van der Waals surface area contributed by atoms with Crippen molar-refractivity contribution in [3.63, 3.8) is 0 Å². The highest BCUT2D eigenvalue weighted by atomic mass is 32.2. The van der Waals surface area contributed by atoms with E-state index < -0.39 is 10.0 Å². The highest BCUT2D eigenvalue weighted by molar-refractivity contribution is 7.89. The standard InChI is InChI=1S/C28H36N4O2S/c1-5-18-35(33,34)32-16-14-31(15-17-32)28-25(20-24-19-21(3)12-13-22(24)4)26(6-2)29-27(30-28)23-10-8-7-9-11-23/h7-13,19H,5-6,14-18,20H2,1-4H3. The lowest BCUT2D eigenvalue weighted by atomic mass is 9.96. The van der Waals surface area contributed by atoms with Gasteiger partial charge in [-0.1, -0.05) is 67.9 Å². The molecular formula is C28H36N4O2S. The minimum absolute atomic E-state index is 0.205. The van der Waals surface area contributed by atoms with Gasteiger partial charge in [-0.3, -0.25) is 0 Å². The van der Waals surface area contributed by atoms with Crippen LogP contribution >= 0.6 is 0 Å². The maximum absolute atomic E-state index is 12.6. The molecule has 0 N–H and O–H groups in total. The maximum atomic E-state index is 12.6. The summed E-state index contributed by atoms with van der Waals surface area (Å²) in [6.45, 7) is 10.5. The van der Waals surface area contributed by atoms with E-state index in [1.54, 1.807) is 4.31 Å². The minimum Gasteiger partial charge on any atom is -0.354 e. The minimum atomic E-state index is -3.20. The second kappa shape index (κ2) is 10.9. The van der Waals surface area contributed by atoms with Crippen LogP contribution in [-0.4, -0.2) is 54.6 Å². The Balaban J connectivity index is 1.75. The van der Waals surface area contributed by atoms with Gasteiger partial charge in [-0.05, 0) is 37.8 Å². The summed E-state index contributed by atoms with van der Waals surface area (Å²) < 4.78 is 26.9. The van der Waals surface area contributed by atoms with Crippen LogP contribution in [0.2, 0.25) is 0 Å². The van der Waals surface area contributed by atoms with Gasteiger partial charge in [0.25, 0.3) is 0 Å². The fraction of sp³-hybridized carbons (Fsp3) is 0.429. The van der Waals surface area contributed by atoms with Gasteiger partial charge >= 0.3 is 0 Å². The zero-order chi connectivity index (χ0) is 25.0. The first-order chi connectivity index (χ1) is 16.8. The largest absolute Gasteiger partial charge is 0.354 e.